The molecule has 26 heavy (non-hydrogen) atoms. The predicted octanol–water partition coefficient (Wildman–Crippen LogP) is 2.84. The highest BCUT2D eigenvalue weighted by molar-refractivity contribution is 5.98. The first-order valence-corrected chi connectivity index (χ1v) is 8.74. The zero-order chi connectivity index (χ0) is 17.9. The van der Waals surface area contributed by atoms with Crippen LogP contribution >= 0.6 is 0 Å². The Hall–Kier alpha value is -2.86. The van der Waals surface area contributed by atoms with Crippen molar-refractivity contribution in [1.82, 2.24) is 15.3 Å². The van der Waals surface area contributed by atoms with Gasteiger partial charge in [-0.25, -0.2) is 0 Å². The third-order valence-corrected chi connectivity index (χ3v) is 4.61. The molecule has 2 N–H and O–H groups in total. The second-order valence-corrected chi connectivity index (χ2v) is 6.51. The standard InChI is InChI=1S/C20H21N3O3/c1-13-2-5-16(11-22-13)26-19-12-25-9-7-17(19)23-20(24)15-4-3-14-6-8-21-18(14)10-15/h2-6,8,10-11,17,19,21H,7,9,12H2,1H3,(H,23,24)/t17-,19+/m0/s1. The molecule has 0 saturated carbocycles. The molecule has 1 amide bonds. The molecule has 3 aromatic rings. The number of hydrogen-bond donors (Lipinski definition) is 2. The Balaban J connectivity index is 1.47. The maximum Gasteiger partial charge on any atom is 0.251 e. The molecule has 3 heterocycles. The molecular formula is C20H21N3O3. The molecule has 0 bridgehead atoms. The minimum atomic E-state index is -0.244. The van der Waals surface area contributed by atoms with Gasteiger partial charge in [-0.15, -0.1) is 0 Å². The number of aryl methyl sites for hydroxylation is 1. The van der Waals surface area contributed by atoms with E-state index in [1.807, 2.05) is 49.5 Å². The summed E-state index contributed by atoms with van der Waals surface area (Å²) >= 11 is 0. The first kappa shape index (κ1) is 16.6. The van der Waals surface area contributed by atoms with Crippen LogP contribution in [0.3, 0.4) is 0 Å². The number of benzene rings is 1. The van der Waals surface area contributed by atoms with E-state index in [1.54, 1.807) is 6.20 Å². The van der Waals surface area contributed by atoms with Gasteiger partial charge >= 0.3 is 0 Å². The Bertz CT molecular complexity index is 904. The number of amides is 1. The number of fused-ring (bicyclic) bond motifs is 1. The molecule has 1 fully saturated rings. The van der Waals surface area contributed by atoms with Crippen molar-refractivity contribution >= 4 is 16.8 Å². The Morgan fingerprint density at radius 3 is 3.08 bits per heavy atom. The van der Waals surface area contributed by atoms with Gasteiger partial charge in [0.15, 0.2) is 0 Å². The Morgan fingerprint density at radius 2 is 2.23 bits per heavy atom. The molecule has 1 aromatic carbocycles. The molecule has 134 valence electrons. The van der Waals surface area contributed by atoms with E-state index >= 15 is 0 Å². The maximum absolute atomic E-state index is 12.7. The van der Waals surface area contributed by atoms with Crippen LogP contribution in [0.15, 0.2) is 48.8 Å². The average Bonchev–Trinajstić information content (AvgIpc) is 3.13. The number of ether oxygens (including phenoxy) is 2. The molecule has 0 radical (unpaired) electrons. The molecule has 6 nitrogen and oxygen atoms in total. The van der Waals surface area contributed by atoms with Gasteiger partial charge in [0.25, 0.3) is 5.91 Å². The summed E-state index contributed by atoms with van der Waals surface area (Å²) in [5.41, 5.74) is 2.51. The fourth-order valence-electron chi connectivity index (χ4n) is 3.13. The number of nitrogens with zero attached hydrogens (tertiary/aromatic N) is 1. The normalized spacial score (nSPS) is 20.0. The van der Waals surface area contributed by atoms with Crippen LogP contribution < -0.4 is 10.1 Å². The van der Waals surface area contributed by atoms with E-state index in [0.717, 1.165) is 16.6 Å². The van der Waals surface area contributed by atoms with Gasteiger partial charge in [0, 0.05) is 29.6 Å². The van der Waals surface area contributed by atoms with Crippen molar-refractivity contribution in [2.45, 2.75) is 25.5 Å². The quantitative estimate of drug-likeness (QED) is 0.758. The van der Waals surface area contributed by atoms with Crippen molar-refractivity contribution in [2.75, 3.05) is 13.2 Å². The molecule has 2 aromatic heterocycles. The Kier molecular flexibility index (Phi) is 4.58. The van der Waals surface area contributed by atoms with Crippen molar-refractivity contribution in [3.05, 3.63) is 60.0 Å². The highest BCUT2D eigenvalue weighted by Crippen LogP contribution is 2.19. The number of aromatic amines is 1. The van der Waals surface area contributed by atoms with Crippen molar-refractivity contribution in [2.24, 2.45) is 0 Å². The number of pyridine rings is 1. The average molecular weight is 351 g/mol. The van der Waals surface area contributed by atoms with E-state index in [-0.39, 0.29) is 18.1 Å². The second kappa shape index (κ2) is 7.17. The molecule has 0 unspecified atom stereocenters. The van der Waals surface area contributed by atoms with E-state index in [9.17, 15) is 4.79 Å². The molecule has 4 rings (SSSR count). The summed E-state index contributed by atoms with van der Waals surface area (Å²) in [7, 11) is 0. The predicted molar refractivity (Wildman–Crippen MR) is 98.4 cm³/mol. The Morgan fingerprint density at radius 1 is 1.31 bits per heavy atom. The summed E-state index contributed by atoms with van der Waals surface area (Å²) in [6, 6.07) is 11.3. The molecule has 1 aliphatic heterocycles. The van der Waals surface area contributed by atoms with E-state index in [1.165, 1.54) is 0 Å². The van der Waals surface area contributed by atoms with E-state index in [2.05, 4.69) is 15.3 Å². The van der Waals surface area contributed by atoms with Gasteiger partial charge in [0.1, 0.15) is 11.9 Å². The first-order chi connectivity index (χ1) is 12.7. The number of hydrogen-bond acceptors (Lipinski definition) is 4. The zero-order valence-electron chi connectivity index (χ0n) is 14.6. The van der Waals surface area contributed by atoms with E-state index < -0.39 is 0 Å². The van der Waals surface area contributed by atoms with Crippen molar-refractivity contribution in [1.29, 1.82) is 0 Å². The van der Waals surface area contributed by atoms with Crippen molar-refractivity contribution in [3.63, 3.8) is 0 Å². The van der Waals surface area contributed by atoms with Crippen LogP contribution in [0.2, 0.25) is 0 Å². The van der Waals surface area contributed by atoms with Crippen LogP contribution in [0.4, 0.5) is 0 Å². The topological polar surface area (TPSA) is 76.2 Å². The SMILES string of the molecule is Cc1ccc(O[C@@H]2COCC[C@@H]2NC(=O)c2ccc3cc[nH]c3c2)cn1. The summed E-state index contributed by atoms with van der Waals surface area (Å²) in [5, 5.41) is 4.18. The lowest BCUT2D eigenvalue weighted by Gasteiger charge is -2.32. The number of H-pyrrole nitrogens is 1. The van der Waals surface area contributed by atoms with Crippen LogP contribution in [0.5, 0.6) is 5.75 Å². The maximum atomic E-state index is 12.7. The van der Waals surface area contributed by atoms with Crippen molar-refractivity contribution in [3.8, 4) is 5.75 Å². The van der Waals surface area contributed by atoms with Gasteiger partial charge in [-0.3, -0.25) is 9.78 Å². The van der Waals surface area contributed by atoms with E-state index in [4.69, 9.17) is 9.47 Å². The van der Waals surface area contributed by atoms with Crippen molar-refractivity contribution < 1.29 is 14.3 Å². The third-order valence-electron chi connectivity index (χ3n) is 4.61. The summed E-state index contributed by atoms with van der Waals surface area (Å²) in [4.78, 5) is 20.1. The first-order valence-electron chi connectivity index (χ1n) is 8.74. The number of rotatable bonds is 4. The van der Waals surface area contributed by atoms with E-state index in [0.29, 0.717) is 30.9 Å². The fraction of sp³-hybridized carbons (Fsp3) is 0.300. The van der Waals surface area contributed by atoms with Crippen LogP contribution in [0.25, 0.3) is 10.9 Å². The number of carbonyl (C=O) groups is 1. The number of carbonyl (C=O) groups excluding carboxylic acids is 1. The van der Waals surface area contributed by atoms with Gasteiger partial charge in [-0.1, -0.05) is 6.07 Å². The van der Waals surface area contributed by atoms with Crippen LogP contribution in [0.1, 0.15) is 22.5 Å². The van der Waals surface area contributed by atoms with Gasteiger partial charge in [0.05, 0.1) is 18.8 Å². The van der Waals surface area contributed by atoms with Gasteiger partial charge in [-0.05, 0) is 49.1 Å². The molecule has 6 heteroatoms. The van der Waals surface area contributed by atoms with Crippen LogP contribution in [0, 0.1) is 6.92 Å². The minimum absolute atomic E-state index is 0.107. The van der Waals surface area contributed by atoms with Crippen LogP contribution in [-0.2, 0) is 4.74 Å². The lowest BCUT2D eigenvalue weighted by molar-refractivity contribution is -0.0136. The molecule has 0 spiro atoms. The second-order valence-electron chi connectivity index (χ2n) is 6.51. The van der Waals surface area contributed by atoms with Gasteiger partial charge in [0.2, 0.25) is 0 Å². The lowest BCUT2D eigenvalue weighted by atomic mass is 10.0. The smallest absolute Gasteiger partial charge is 0.251 e. The number of aromatic nitrogens is 2. The molecule has 2 atom stereocenters. The monoisotopic (exact) mass is 351 g/mol. The Labute approximate surface area is 151 Å². The van der Waals surface area contributed by atoms with Crippen LogP contribution in [-0.4, -0.2) is 41.2 Å². The lowest BCUT2D eigenvalue weighted by Crippen LogP contribution is -2.51. The molecular weight excluding hydrogens is 330 g/mol. The van der Waals surface area contributed by atoms with Gasteiger partial charge < -0.3 is 19.8 Å². The largest absolute Gasteiger partial charge is 0.484 e. The summed E-state index contributed by atoms with van der Waals surface area (Å²) < 4.78 is 11.6. The molecule has 0 aliphatic carbocycles. The number of nitrogens with one attached hydrogen (secondary N) is 2. The van der Waals surface area contributed by atoms with Gasteiger partial charge in [-0.2, -0.15) is 0 Å². The highest BCUT2D eigenvalue weighted by atomic mass is 16.5. The zero-order valence-corrected chi connectivity index (χ0v) is 14.6. The fourth-order valence-corrected chi connectivity index (χ4v) is 3.13. The molecule has 1 aliphatic rings. The summed E-state index contributed by atoms with van der Waals surface area (Å²) in [5.74, 6) is 0.571. The molecule has 1 saturated heterocycles. The summed E-state index contributed by atoms with van der Waals surface area (Å²) in [6.45, 7) is 2.97. The third kappa shape index (κ3) is 3.55. The minimum Gasteiger partial charge on any atom is -0.484 e. The summed E-state index contributed by atoms with van der Waals surface area (Å²) in [6.07, 6.45) is 4.03. The highest BCUT2D eigenvalue weighted by Gasteiger charge is 2.29.